The van der Waals surface area contributed by atoms with Gasteiger partial charge >= 0.3 is 6.36 Å². The second kappa shape index (κ2) is 8.34. The fourth-order valence-corrected chi connectivity index (χ4v) is 3.03. The van der Waals surface area contributed by atoms with Gasteiger partial charge in [-0.15, -0.1) is 13.2 Å². The third-order valence-electron chi connectivity index (χ3n) is 4.14. The van der Waals surface area contributed by atoms with E-state index in [1.54, 1.807) is 46.6 Å². The maximum absolute atomic E-state index is 14.1. The minimum Gasteiger partial charge on any atom is -0.406 e. The smallest absolute Gasteiger partial charge is 0.406 e. The largest absolute Gasteiger partial charge is 0.573 e. The Hall–Kier alpha value is -2.72. The van der Waals surface area contributed by atoms with Gasteiger partial charge in [-0.05, 0) is 49.1 Å². The summed E-state index contributed by atoms with van der Waals surface area (Å²) in [5.74, 6) is -0.252. The molecule has 0 aliphatic rings. The first-order valence-corrected chi connectivity index (χ1v) is 8.97. The zero-order valence-electron chi connectivity index (χ0n) is 15.7. The monoisotopic (exact) mass is 426 g/mol. The molecule has 29 heavy (non-hydrogen) atoms. The summed E-state index contributed by atoms with van der Waals surface area (Å²) < 4.78 is 58.3. The van der Waals surface area contributed by atoms with Crippen molar-refractivity contribution in [3.8, 4) is 17.1 Å². The van der Waals surface area contributed by atoms with E-state index in [0.717, 1.165) is 5.56 Å². The summed E-state index contributed by atoms with van der Waals surface area (Å²) in [7, 11) is 3.53. The molecule has 154 valence electrons. The number of benzene rings is 2. The number of aromatic nitrogens is 3. The van der Waals surface area contributed by atoms with Crippen LogP contribution in [0.3, 0.4) is 0 Å². The van der Waals surface area contributed by atoms with Gasteiger partial charge in [0.2, 0.25) is 0 Å². The van der Waals surface area contributed by atoms with E-state index in [1.807, 2.05) is 11.9 Å². The Morgan fingerprint density at radius 2 is 1.76 bits per heavy atom. The normalized spacial score (nSPS) is 11.8. The van der Waals surface area contributed by atoms with Gasteiger partial charge in [0.1, 0.15) is 11.6 Å². The van der Waals surface area contributed by atoms with Crippen molar-refractivity contribution in [1.29, 1.82) is 0 Å². The summed E-state index contributed by atoms with van der Waals surface area (Å²) in [5.41, 5.74) is 1.14. The average Bonchev–Trinajstić information content (AvgIpc) is 2.91. The van der Waals surface area contributed by atoms with Crippen LogP contribution in [0.25, 0.3) is 11.4 Å². The Morgan fingerprint density at radius 3 is 2.38 bits per heavy atom. The van der Waals surface area contributed by atoms with E-state index < -0.39 is 12.2 Å². The number of ether oxygens (including phenoxy) is 1. The quantitative estimate of drug-likeness (QED) is 0.421. The van der Waals surface area contributed by atoms with E-state index in [9.17, 15) is 17.6 Å². The number of alkyl halides is 3. The van der Waals surface area contributed by atoms with E-state index in [0.29, 0.717) is 29.4 Å². The van der Waals surface area contributed by atoms with Crippen molar-refractivity contribution < 1.29 is 22.3 Å². The predicted molar refractivity (Wildman–Crippen MR) is 102 cm³/mol. The van der Waals surface area contributed by atoms with Crippen molar-refractivity contribution in [2.45, 2.75) is 19.6 Å². The first kappa shape index (κ1) is 21.0. The maximum atomic E-state index is 14.1. The van der Waals surface area contributed by atoms with Gasteiger partial charge in [-0.1, -0.05) is 24.3 Å². The summed E-state index contributed by atoms with van der Waals surface area (Å²) in [6.45, 7) is 0.765. The second-order valence-corrected chi connectivity index (χ2v) is 6.86. The molecule has 1 heterocycles. The number of rotatable bonds is 6. The maximum Gasteiger partial charge on any atom is 0.573 e. The van der Waals surface area contributed by atoms with E-state index in [1.165, 1.54) is 18.2 Å². The Morgan fingerprint density at radius 1 is 1.10 bits per heavy atom. The zero-order chi connectivity index (χ0) is 21.2. The molecule has 1 aromatic heterocycles. The molecule has 0 saturated carbocycles. The zero-order valence-corrected chi connectivity index (χ0v) is 16.5. The van der Waals surface area contributed by atoms with Gasteiger partial charge in [-0.25, -0.2) is 9.07 Å². The van der Waals surface area contributed by atoms with Crippen molar-refractivity contribution in [2.75, 3.05) is 7.05 Å². The van der Waals surface area contributed by atoms with Gasteiger partial charge in [0, 0.05) is 13.6 Å². The molecule has 5 nitrogen and oxygen atoms in total. The minimum atomic E-state index is -4.72. The van der Waals surface area contributed by atoms with Crippen LogP contribution in [0.4, 0.5) is 17.6 Å². The lowest BCUT2D eigenvalue weighted by atomic mass is 10.2. The Labute approximate surface area is 169 Å². The molecule has 0 aliphatic heterocycles. The molecule has 0 N–H and O–H groups in total. The summed E-state index contributed by atoms with van der Waals surface area (Å²) in [6, 6.07) is 11.9. The van der Waals surface area contributed by atoms with Crippen LogP contribution in [0.5, 0.6) is 5.75 Å². The topological polar surface area (TPSA) is 35.2 Å². The molecule has 0 unspecified atom stereocenters. The van der Waals surface area contributed by atoms with E-state index in [-0.39, 0.29) is 5.75 Å². The predicted octanol–water partition coefficient (Wildman–Crippen LogP) is 4.75. The van der Waals surface area contributed by atoms with Gasteiger partial charge in [0.15, 0.2) is 10.6 Å². The molecule has 0 aliphatic carbocycles. The van der Waals surface area contributed by atoms with Gasteiger partial charge in [-0.2, -0.15) is 5.10 Å². The Balaban J connectivity index is 1.71. The molecule has 3 rings (SSSR count). The average molecular weight is 426 g/mol. The summed E-state index contributed by atoms with van der Waals surface area (Å²) in [4.78, 5) is 1.88. The van der Waals surface area contributed by atoms with Crippen molar-refractivity contribution in [1.82, 2.24) is 19.2 Å². The molecular formula is C19H18F4N4OS. The van der Waals surface area contributed by atoms with Gasteiger partial charge in [0.25, 0.3) is 0 Å². The highest BCUT2D eigenvalue weighted by Crippen LogP contribution is 2.23. The van der Waals surface area contributed by atoms with E-state index in [4.69, 9.17) is 12.2 Å². The molecular weight excluding hydrogens is 408 g/mol. The van der Waals surface area contributed by atoms with Crippen LogP contribution in [-0.2, 0) is 20.3 Å². The minimum absolute atomic E-state index is 0.273. The van der Waals surface area contributed by atoms with Crippen LogP contribution < -0.4 is 4.74 Å². The summed E-state index contributed by atoms with van der Waals surface area (Å²) in [6.07, 6.45) is -4.72. The number of hydrogen-bond donors (Lipinski definition) is 0. The summed E-state index contributed by atoms with van der Waals surface area (Å²) in [5, 5.41) is 4.43. The SMILES string of the molecule is CN(Cc1ccc(OC(F)(F)F)cc1)Cn1nc(-c2ccccc2F)n(C)c1=S. The highest BCUT2D eigenvalue weighted by molar-refractivity contribution is 7.71. The lowest BCUT2D eigenvalue weighted by molar-refractivity contribution is -0.274. The third-order valence-corrected chi connectivity index (χ3v) is 4.63. The third kappa shape index (κ3) is 5.21. The molecule has 0 saturated heterocycles. The van der Waals surface area contributed by atoms with E-state index in [2.05, 4.69) is 9.84 Å². The second-order valence-electron chi connectivity index (χ2n) is 6.49. The lowest BCUT2D eigenvalue weighted by Gasteiger charge is -2.17. The summed E-state index contributed by atoms with van der Waals surface area (Å²) >= 11 is 5.40. The Bertz CT molecular complexity index is 1040. The van der Waals surface area contributed by atoms with Crippen LogP contribution in [0.15, 0.2) is 48.5 Å². The molecule has 0 radical (unpaired) electrons. The van der Waals surface area contributed by atoms with Gasteiger partial charge < -0.3 is 9.30 Å². The van der Waals surface area contributed by atoms with Crippen LogP contribution in [0, 0.1) is 10.6 Å². The molecule has 10 heteroatoms. The molecule has 2 aromatic carbocycles. The van der Waals surface area contributed by atoms with E-state index >= 15 is 0 Å². The molecule has 0 fully saturated rings. The highest BCUT2D eigenvalue weighted by Gasteiger charge is 2.30. The van der Waals surface area contributed by atoms with Crippen molar-refractivity contribution in [3.63, 3.8) is 0 Å². The van der Waals surface area contributed by atoms with Crippen molar-refractivity contribution >= 4 is 12.2 Å². The number of halogens is 4. The molecule has 0 atom stereocenters. The standard InChI is InChI=1S/C19H18F4N4OS/c1-25(11-13-7-9-14(10-8-13)28-19(21,22)23)12-27-18(29)26(2)17(24-27)15-5-3-4-6-16(15)20/h3-10H,11-12H2,1-2H3. The van der Waals surface area contributed by atoms with Crippen LogP contribution in [-0.4, -0.2) is 32.7 Å². The number of nitrogens with zero attached hydrogens (tertiary/aromatic N) is 4. The molecule has 0 bridgehead atoms. The highest BCUT2D eigenvalue weighted by atomic mass is 32.1. The van der Waals surface area contributed by atoms with Gasteiger partial charge in [0.05, 0.1) is 12.2 Å². The first-order valence-electron chi connectivity index (χ1n) is 8.56. The van der Waals surface area contributed by atoms with Crippen LogP contribution in [0.1, 0.15) is 5.56 Å². The number of hydrogen-bond acceptors (Lipinski definition) is 4. The van der Waals surface area contributed by atoms with Crippen LogP contribution in [0.2, 0.25) is 0 Å². The van der Waals surface area contributed by atoms with Crippen molar-refractivity contribution in [3.05, 3.63) is 64.7 Å². The molecule has 3 aromatic rings. The molecule has 0 spiro atoms. The fourth-order valence-electron chi connectivity index (χ4n) is 2.84. The molecule has 0 amide bonds. The first-order chi connectivity index (χ1) is 13.6. The Kier molecular flexibility index (Phi) is 6.04. The van der Waals surface area contributed by atoms with Crippen molar-refractivity contribution in [2.24, 2.45) is 7.05 Å². The van der Waals surface area contributed by atoms with Crippen LogP contribution >= 0.6 is 12.2 Å². The fraction of sp³-hybridized carbons (Fsp3) is 0.263. The lowest BCUT2D eigenvalue weighted by Crippen LogP contribution is -2.22. The van der Waals surface area contributed by atoms with Gasteiger partial charge in [-0.3, -0.25) is 4.90 Å².